The summed E-state index contributed by atoms with van der Waals surface area (Å²) in [5.41, 5.74) is 0.233. The second-order valence-corrected chi connectivity index (χ2v) is 8.71. The highest BCUT2D eigenvalue weighted by Gasteiger charge is 2.42. The molecule has 2 aliphatic rings. The van der Waals surface area contributed by atoms with Gasteiger partial charge in [0.15, 0.2) is 0 Å². The summed E-state index contributed by atoms with van der Waals surface area (Å²) < 4.78 is 27.1. The number of piperazine rings is 1. The molecule has 2 heterocycles. The Morgan fingerprint density at radius 2 is 1.70 bits per heavy atom. The van der Waals surface area contributed by atoms with Crippen molar-refractivity contribution in [1.29, 1.82) is 0 Å². The predicted molar refractivity (Wildman–Crippen MR) is 91.9 cm³/mol. The summed E-state index contributed by atoms with van der Waals surface area (Å²) in [5.74, 6) is 0. The summed E-state index contributed by atoms with van der Waals surface area (Å²) in [6, 6.07) is 8.77. The van der Waals surface area contributed by atoms with Crippen LogP contribution in [0.5, 0.6) is 0 Å². The quantitative estimate of drug-likeness (QED) is 0.835. The largest absolute Gasteiger partial charge is 0.304 e. The van der Waals surface area contributed by atoms with E-state index in [9.17, 15) is 8.42 Å². The van der Waals surface area contributed by atoms with Gasteiger partial charge in [-0.15, -0.1) is 0 Å². The van der Waals surface area contributed by atoms with Crippen molar-refractivity contribution < 1.29 is 8.42 Å². The van der Waals surface area contributed by atoms with Crippen LogP contribution in [-0.2, 0) is 10.0 Å². The van der Waals surface area contributed by atoms with Crippen LogP contribution in [0.4, 0.5) is 0 Å². The maximum atomic E-state index is 12.7. The lowest BCUT2D eigenvalue weighted by molar-refractivity contribution is 0.0570. The fourth-order valence-electron chi connectivity index (χ4n) is 3.97. The molecule has 3 rings (SSSR count). The van der Waals surface area contributed by atoms with E-state index in [2.05, 4.69) is 23.8 Å². The molecule has 0 aliphatic carbocycles. The van der Waals surface area contributed by atoms with Crippen molar-refractivity contribution in [3.8, 4) is 0 Å². The first-order valence-electron chi connectivity index (χ1n) is 8.47. The Morgan fingerprint density at radius 1 is 1.04 bits per heavy atom. The third-order valence-electron chi connectivity index (χ3n) is 5.47. The molecule has 2 fully saturated rings. The van der Waals surface area contributed by atoms with Crippen molar-refractivity contribution in [2.45, 2.75) is 30.2 Å². The highest BCUT2D eigenvalue weighted by Crippen LogP contribution is 2.32. The third-order valence-corrected chi connectivity index (χ3v) is 7.38. The first kappa shape index (κ1) is 16.9. The Labute approximate surface area is 139 Å². The van der Waals surface area contributed by atoms with Crippen LogP contribution in [-0.4, -0.2) is 74.4 Å². The Kier molecular flexibility index (Phi) is 4.78. The van der Waals surface area contributed by atoms with Crippen LogP contribution >= 0.6 is 0 Å². The van der Waals surface area contributed by atoms with Crippen LogP contribution < -0.4 is 0 Å². The molecular formula is C17H27N3O2S. The summed E-state index contributed by atoms with van der Waals surface area (Å²) >= 11 is 0. The zero-order valence-corrected chi connectivity index (χ0v) is 14.9. The van der Waals surface area contributed by atoms with Crippen LogP contribution in [0.25, 0.3) is 0 Å². The maximum Gasteiger partial charge on any atom is 0.243 e. The van der Waals surface area contributed by atoms with Crippen LogP contribution in [0.1, 0.15) is 19.8 Å². The van der Waals surface area contributed by atoms with Crippen molar-refractivity contribution in [2.75, 3.05) is 46.3 Å². The first-order chi connectivity index (χ1) is 11.0. The smallest absolute Gasteiger partial charge is 0.243 e. The van der Waals surface area contributed by atoms with Gasteiger partial charge in [-0.25, -0.2) is 8.42 Å². The average Bonchev–Trinajstić information content (AvgIpc) is 2.98. The fourth-order valence-corrected chi connectivity index (χ4v) is 5.42. The van der Waals surface area contributed by atoms with Crippen LogP contribution in [0.3, 0.4) is 0 Å². The van der Waals surface area contributed by atoms with Gasteiger partial charge >= 0.3 is 0 Å². The fraction of sp³-hybridized carbons (Fsp3) is 0.647. The zero-order valence-electron chi connectivity index (χ0n) is 14.1. The van der Waals surface area contributed by atoms with E-state index in [1.54, 1.807) is 28.6 Å². The van der Waals surface area contributed by atoms with E-state index in [1.165, 1.54) is 6.42 Å². The summed E-state index contributed by atoms with van der Waals surface area (Å²) in [5, 5.41) is 0. The van der Waals surface area contributed by atoms with Crippen LogP contribution in [0.2, 0.25) is 0 Å². The molecule has 1 aromatic carbocycles. The summed E-state index contributed by atoms with van der Waals surface area (Å²) in [6.07, 6.45) is 2.31. The molecule has 0 spiro atoms. The van der Waals surface area contributed by atoms with Gasteiger partial charge in [0.25, 0.3) is 0 Å². The molecule has 0 amide bonds. The number of benzene rings is 1. The van der Waals surface area contributed by atoms with Gasteiger partial charge in [0.2, 0.25) is 10.0 Å². The molecule has 1 aromatic rings. The number of nitrogens with zero attached hydrogens (tertiary/aromatic N) is 3. The number of sulfonamides is 1. The molecule has 1 unspecified atom stereocenters. The Morgan fingerprint density at radius 3 is 2.22 bits per heavy atom. The second-order valence-electron chi connectivity index (χ2n) is 6.77. The van der Waals surface area contributed by atoms with E-state index in [-0.39, 0.29) is 5.54 Å². The molecule has 6 heteroatoms. The van der Waals surface area contributed by atoms with Gasteiger partial charge in [-0.3, -0.25) is 4.90 Å². The van der Waals surface area contributed by atoms with Crippen LogP contribution in [0.15, 0.2) is 35.2 Å². The van der Waals surface area contributed by atoms with Crippen molar-refractivity contribution >= 4 is 10.0 Å². The monoisotopic (exact) mass is 337 g/mol. The molecule has 23 heavy (non-hydrogen) atoms. The summed E-state index contributed by atoms with van der Waals surface area (Å²) in [7, 11) is -1.18. The van der Waals surface area contributed by atoms with Gasteiger partial charge in [-0.05, 0) is 38.6 Å². The van der Waals surface area contributed by atoms with E-state index in [0.29, 0.717) is 18.0 Å². The molecule has 128 valence electrons. The van der Waals surface area contributed by atoms with Gasteiger partial charge in [0.05, 0.1) is 4.90 Å². The molecule has 0 aromatic heterocycles. The molecule has 0 N–H and O–H groups in total. The normalized spacial score (nSPS) is 28.3. The average molecular weight is 337 g/mol. The predicted octanol–water partition coefficient (Wildman–Crippen LogP) is 1.48. The van der Waals surface area contributed by atoms with E-state index < -0.39 is 10.0 Å². The molecular weight excluding hydrogens is 310 g/mol. The molecule has 5 nitrogen and oxygen atoms in total. The maximum absolute atomic E-state index is 12.7. The molecule has 0 bridgehead atoms. The summed E-state index contributed by atoms with van der Waals surface area (Å²) in [4.78, 5) is 5.31. The number of rotatable bonds is 4. The van der Waals surface area contributed by atoms with E-state index in [1.807, 2.05) is 6.07 Å². The first-order valence-corrected chi connectivity index (χ1v) is 9.91. The lowest BCUT2D eigenvalue weighted by Gasteiger charge is -2.45. The van der Waals surface area contributed by atoms with Gasteiger partial charge < -0.3 is 4.90 Å². The van der Waals surface area contributed by atoms with Gasteiger partial charge in [0.1, 0.15) is 0 Å². The number of hydrogen-bond donors (Lipinski definition) is 0. The minimum absolute atomic E-state index is 0.233. The Bertz CT molecular complexity index is 626. The Balaban J connectivity index is 1.69. The lowest BCUT2D eigenvalue weighted by Crippen LogP contribution is -2.58. The summed E-state index contributed by atoms with van der Waals surface area (Å²) in [6.45, 7) is 7.31. The highest BCUT2D eigenvalue weighted by molar-refractivity contribution is 7.89. The second kappa shape index (κ2) is 6.51. The van der Waals surface area contributed by atoms with Gasteiger partial charge in [0, 0.05) is 38.3 Å². The standard InChI is InChI=1S/C17H27N3O2S/c1-3-17(9-10-18(2)15-17)19-11-13-20(14-12-19)23(21,22)16-7-5-4-6-8-16/h4-8H,3,9-15H2,1-2H3. The van der Waals surface area contributed by atoms with Gasteiger partial charge in [-0.2, -0.15) is 4.31 Å². The van der Waals surface area contributed by atoms with Crippen LogP contribution in [0, 0.1) is 0 Å². The SMILES string of the molecule is CCC1(N2CCN(S(=O)(=O)c3ccccc3)CC2)CCN(C)C1. The lowest BCUT2D eigenvalue weighted by atomic mass is 9.92. The highest BCUT2D eigenvalue weighted by atomic mass is 32.2. The minimum atomic E-state index is -3.35. The number of likely N-dealkylation sites (N-methyl/N-ethyl adjacent to an activating group) is 1. The molecule has 1 atom stereocenters. The zero-order chi connectivity index (χ0) is 16.5. The van der Waals surface area contributed by atoms with E-state index in [4.69, 9.17) is 0 Å². The van der Waals surface area contributed by atoms with Gasteiger partial charge in [-0.1, -0.05) is 25.1 Å². The number of likely N-dealkylation sites (tertiary alicyclic amines) is 1. The molecule has 0 radical (unpaired) electrons. The molecule has 2 aliphatic heterocycles. The van der Waals surface area contributed by atoms with Crippen molar-refractivity contribution in [3.05, 3.63) is 30.3 Å². The molecule has 2 saturated heterocycles. The minimum Gasteiger partial charge on any atom is -0.304 e. The topological polar surface area (TPSA) is 43.9 Å². The Hall–Kier alpha value is -0.950. The number of hydrogen-bond acceptors (Lipinski definition) is 4. The van der Waals surface area contributed by atoms with E-state index >= 15 is 0 Å². The third kappa shape index (κ3) is 3.18. The van der Waals surface area contributed by atoms with Crippen molar-refractivity contribution in [2.24, 2.45) is 0 Å². The van der Waals surface area contributed by atoms with E-state index in [0.717, 1.165) is 32.6 Å². The molecule has 0 saturated carbocycles. The van der Waals surface area contributed by atoms with Crippen molar-refractivity contribution in [1.82, 2.24) is 14.1 Å². The van der Waals surface area contributed by atoms with Crippen molar-refractivity contribution in [3.63, 3.8) is 0 Å².